The highest BCUT2D eigenvalue weighted by Gasteiger charge is 2.39. The topological polar surface area (TPSA) is 87.2 Å². The molecule has 1 aliphatic rings. The van der Waals surface area contributed by atoms with Crippen LogP contribution in [-0.2, 0) is 21.2 Å². The van der Waals surface area contributed by atoms with Gasteiger partial charge in [0.05, 0.1) is 11.3 Å². The van der Waals surface area contributed by atoms with E-state index in [-0.39, 0.29) is 17.1 Å². The van der Waals surface area contributed by atoms with E-state index in [0.29, 0.717) is 29.9 Å². The van der Waals surface area contributed by atoms with E-state index in [1.165, 1.54) is 40.7 Å². The maximum Gasteiger partial charge on any atom is 0.573 e. The molecular weight excluding hydrogens is 461 g/mol. The Morgan fingerprint density at radius 3 is 2.18 bits per heavy atom. The molecule has 11 heteroatoms. The number of piperazine rings is 1. The maximum absolute atomic E-state index is 13.4. The van der Waals surface area contributed by atoms with E-state index in [0.717, 1.165) is 0 Å². The second-order valence-electron chi connectivity index (χ2n) is 8.14. The molecule has 0 radical (unpaired) electrons. The molecule has 0 aromatic heterocycles. The number of benzene rings is 2. The first-order valence-electron chi connectivity index (χ1n) is 10.2. The lowest BCUT2D eigenvalue weighted by atomic mass is 10.1. The number of anilines is 1. The molecule has 2 aromatic rings. The number of alkyl halides is 3. The van der Waals surface area contributed by atoms with Crippen molar-refractivity contribution in [3.8, 4) is 5.75 Å². The van der Waals surface area contributed by atoms with Gasteiger partial charge in [0.1, 0.15) is 5.75 Å². The number of ether oxygens (including phenoxy) is 1. The molecule has 0 unspecified atom stereocenters. The maximum atomic E-state index is 13.4. The molecular formula is C22H25F3N2O5S. The fourth-order valence-corrected chi connectivity index (χ4v) is 5.99. The summed E-state index contributed by atoms with van der Waals surface area (Å²) in [6, 6.07) is 9.05. The fourth-order valence-electron chi connectivity index (χ4n) is 4.13. The molecule has 3 rings (SSSR count). The van der Waals surface area contributed by atoms with Crippen LogP contribution in [0.25, 0.3) is 0 Å². The van der Waals surface area contributed by atoms with Gasteiger partial charge in [0.15, 0.2) is 0 Å². The molecule has 1 fully saturated rings. The van der Waals surface area contributed by atoms with Crippen molar-refractivity contribution in [2.45, 2.75) is 50.5 Å². The van der Waals surface area contributed by atoms with Crippen molar-refractivity contribution in [2.24, 2.45) is 0 Å². The largest absolute Gasteiger partial charge is 0.573 e. The van der Waals surface area contributed by atoms with Gasteiger partial charge >= 0.3 is 12.3 Å². The summed E-state index contributed by atoms with van der Waals surface area (Å²) in [5.41, 5.74) is 1.78. The highest BCUT2D eigenvalue weighted by Crippen LogP contribution is 2.31. The summed E-state index contributed by atoms with van der Waals surface area (Å²) in [5, 5.41) is 9.10. The summed E-state index contributed by atoms with van der Waals surface area (Å²) in [6.45, 7) is 5.90. The molecule has 0 aliphatic carbocycles. The average Bonchev–Trinajstić information content (AvgIpc) is 2.67. The van der Waals surface area contributed by atoms with Crippen molar-refractivity contribution in [1.82, 2.24) is 4.31 Å². The lowest BCUT2D eigenvalue weighted by Crippen LogP contribution is -2.58. The van der Waals surface area contributed by atoms with Crippen molar-refractivity contribution >= 4 is 21.7 Å². The Morgan fingerprint density at radius 1 is 1.09 bits per heavy atom. The van der Waals surface area contributed by atoms with Crippen LogP contribution in [0.1, 0.15) is 25.0 Å². The summed E-state index contributed by atoms with van der Waals surface area (Å²) in [7, 11) is -3.90. The van der Waals surface area contributed by atoms with Crippen LogP contribution in [0.4, 0.5) is 18.9 Å². The normalized spacial score (nSPS) is 20.0. The molecule has 0 amide bonds. The van der Waals surface area contributed by atoms with E-state index < -0.39 is 34.4 Å². The molecule has 33 heavy (non-hydrogen) atoms. The van der Waals surface area contributed by atoms with E-state index in [1.807, 2.05) is 4.90 Å². The molecule has 0 spiro atoms. The molecule has 0 bridgehead atoms. The SMILES string of the molecule is Cc1ccc(S(=O)(=O)N2[C@H](C)CN(c3ccc(OC(F)(F)F)cc3)C[C@@H]2C)cc1CC(=O)O. The molecule has 180 valence electrons. The third kappa shape index (κ3) is 5.77. The summed E-state index contributed by atoms with van der Waals surface area (Å²) in [4.78, 5) is 13.1. The molecule has 1 heterocycles. The van der Waals surface area contributed by atoms with Crippen LogP contribution >= 0.6 is 0 Å². The second-order valence-corrected chi connectivity index (χ2v) is 9.98. The minimum atomic E-state index is -4.77. The van der Waals surface area contributed by atoms with Gasteiger partial charge in [0, 0.05) is 30.9 Å². The number of halogens is 3. The highest BCUT2D eigenvalue weighted by atomic mass is 32.2. The van der Waals surface area contributed by atoms with E-state index in [9.17, 15) is 26.4 Å². The van der Waals surface area contributed by atoms with Crippen molar-refractivity contribution < 1.29 is 36.2 Å². The zero-order valence-electron chi connectivity index (χ0n) is 18.3. The van der Waals surface area contributed by atoms with Crippen molar-refractivity contribution in [3.63, 3.8) is 0 Å². The monoisotopic (exact) mass is 486 g/mol. The van der Waals surface area contributed by atoms with Crippen molar-refractivity contribution in [3.05, 3.63) is 53.6 Å². The third-order valence-corrected chi connectivity index (χ3v) is 7.64. The standard InChI is InChI=1S/C22H25F3N2O5S/c1-14-4-9-20(10-17(14)11-21(28)29)33(30,31)27-15(2)12-26(13-16(27)3)18-5-7-19(8-6-18)32-22(23,24)25/h4-10,15-16H,11-13H2,1-3H3,(H,28,29)/t15-,16+. The number of carboxylic acids is 1. The Morgan fingerprint density at radius 2 is 1.67 bits per heavy atom. The van der Waals surface area contributed by atoms with Gasteiger partial charge in [0.25, 0.3) is 0 Å². The van der Waals surface area contributed by atoms with E-state index >= 15 is 0 Å². The predicted octanol–water partition coefficient (Wildman–Crippen LogP) is 3.81. The Bertz CT molecular complexity index is 1110. The van der Waals surface area contributed by atoms with Gasteiger partial charge in [-0.25, -0.2) is 8.42 Å². The Hall–Kier alpha value is -2.79. The van der Waals surface area contributed by atoms with Crippen molar-refractivity contribution in [2.75, 3.05) is 18.0 Å². The van der Waals surface area contributed by atoms with E-state index in [2.05, 4.69) is 4.74 Å². The van der Waals surface area contributed by atoms with Crippen LogP contribution in [0.2, 0.25) is 0 Å². The van der Waals surface area contributed by atoms with Gasteiger partial charge in [-0.15, -0.1) is 13.2 Å². The number of aryl methyl sites for hydroxylation is 1. The number of hydrogen-bond donors (Lipinski definition) is 1. The zero-order chi connectivity index (χ0) is 24.6. The lowest BCUT2D eigenvalue weighted by Gasteiger charge is -2.44. The number of rotatable bonds is 6. The summed E-state index contributed by atoms with van der Waals surface area (Å²) in [6.07, 6.45) is -5.05. The molecule has 0 saturated carbocycles. The van der Waals surface area contributed by atoms with E-state index in [4.69, 9.17) is 5.11 Å². The number of carbonyl (C=O) groups is 1. The van der Waals surface area contributed by atoms with Gasteiger partial charge in [0.2, 0.25) is 10.0 Å². The number of hydrogen-bond acceptors (Lipinski definition) is 5. The third-order valence-electron chi connectivity index (χ3n) is 5.51. The average molecular weight is 487 g/mol. The van der Waals surface area contributed by atoms with Crippen LogP contribution in [-0.4, -0.2) is 55.3 Å². The summed E-state index contributed by atoms with van der Waals surface area (Å²) >= 11 is 0. The van der Waals surface area contributed by atoms with Gasteiger partial charge in [-0.3, -0.25) is 4.79 Å². The van der Waals surface area contributed by atoms with Crippen molar-refractivity contribution in [1.29, 1.82) is 0 Å². The molecule has 1 N–H and O–H groups in total. The van der Waals surface area contributed by atoms with Crippen LogP contribution in [0.15, 0.2) is 47.4 Å². The number of nitrogens with zero attached hydrogens (tertiary/aromatic N) is 2. The first-order valence-corrected chi connectivity index (χ1v) is 11.7. The van der Waals surface area contributed by atoms with Crippen LogP contribution in [0.5, 0.6) is 5.75 Å². The zero-order valence-corrected chi connectivity index (χ0v) is 19.2. The number of aliphatic carboxylic acids is 1. The summed E-state index contributed by atoms with van der Waals surface area (Å²) < 4.78 is 69.3. The number of sulfonamides is 1. The molecule has 1 saturated heterocycles. The predicted molar refractivity (Wildman–Crippen MR) is 116 cm³/mol. The van der Waals surface area contributed by atoms with Gasteiger partial charge in [-0.2, -0.15) is 4.31 Å². The Kier molecular flexibility index (Phi) is 6.94. The molecule has 2 aromatic carbocycles. The minimum Gasteiger partial charge on any atom is -0.481 e. The van der Waals surface area contributed by atoms with Crippen LogP contribution in [0, 0.1) is 6.92 Å². The minimum absolute atomic E-state index is 0.0325. The van der Waals surface area contributed by atoms with E-state index in [1.54, 1.807) is 26.8 Å². The summed E-state index contributed by atoms with van der Waals surface area (Å²) in [5.74, 6) is -1.38. The van der Waals surface area contributed by atoms with Gasteiger partial charge < -0.3 is 14.7 Å². The van der Waals surface area contributed by atoms with Gasteiger partial charge in [-0.1, -0.05) is 6.07 Å². The molecule has 2 atom stereocenters. The number of carboxylic acid groups (broad SMARTS) is 1. The van der Waals surface area contributed by atoms with Crippen LogP contribution < -0.4 is 9.64 Å². The Balaban J connectivity index is 1.80. The quantitative estimate of drug-likeness (QED) is 0.668. The molecule has 7 nitrogen and oxygen atoms in total. The first-order chi connectivity index (χ1) is 15.3. The first kappa shape index (κ1) is 24.8. The highest BCUT2D eigenvalue weighted by molar-refractivity contribution is 7.89. The Labute approximate surface area is 190 Å². The van der Waals surface area contributed by atoms with Crippen LogP contribution in [0.3, 0.4) is 0 Å². The fraction of sp³-hybridized carbons (Fsp3) is 0.409. The second kappa shape index (κ2) is 9.22. The smallest absolute Gasteiger partial charge is 0.481 e. The lowest BCUT2D eigenvalue weighted by molar-refractivity contribution is -0.274. The molecule has 1 aliphatic heterocycles. The van der Waals surface area contributed by atoms with Gasteiger partial charge in [-0.05, 0) is 68.3 Å².